The van der Waals surface area contributed by atoms with Crippen LogP contribution >= 0.6 is 24.0 Å². The number of rotatable bonds is 12. The molecule has 7 nitrogen and oxygen atoms in total. The summed E-state index contributed by atoms with van der Waals surface area (Å²) in [5, 5.41) is 6.35. The lowest BCUT2D eigenvalue weighted by molar-refractivity contribution is 0.0487. The number of ether oxygens (including phenoxy) is 2. The van der Waals surface area contributed by atoms with E-state index in [2.05, 4.69) is 27.5 Å². The maximum absolute atomic E-state index is 14.5. The quantitative estimate of drug-likeness (QED) is 0.189. The molecule has 1 aromatic carbocycles. The molecule has 2 N–H and O–H groups in total. The van der Waals surface area contributed by atoms with E-state index in [-0.39, 0.29) is 29.8 Å². The smallest absolute Gasteiger partial charge is 0.191 e. The van der Waals surface area contributed by atoms with E-state index in [0.29, 0.717) is 44.6 Å². The van der Waals surface area contributed by atoms with Crippen molar-refractivity contribution in [2.24, 2.45) is 4.99 Å². The molecule has 0 aliphatic rings. The van der Waals surface area contributed by atoms with Crippen LogP contribution in [-0.4, -0.2) is 55.5 Å². The SMILES string of the molecule is CCCCOCCOCCNC(=NC)NCc1ccc(-n2ccnc2C)c(F)c1.I. The summed E-state index contributed by atoms with van der Waals surface area (Å²) >= 11 is 0. The predicted octanol–water partition coefficient (Wildman–Crippen LogP) is 3.44. The Balaban J connectivity index is 0.00000450. The van der Waals surface area contributed by atoms with Crippen LogP contribution < -0.4 is 10.6 Å². The molecule has 0 saturated heterocycles. The number of hydrogen-bond donors (Lipinski definition) is 2. The molecule has 0 aliphatic heterocycles. The number of aryl methyl sites for hydroxylation is 1. The number of guanidine groups is 1. The summed E-state index contributed by atoms with van der Waals surface area (Å²) < 4.78 is 27.2. The molecule has 168 valence electrons. The molecule has 2 rings (SSSR count). The van der Waals surface area contributed by atoms with Crippen LogP contribution in [0.2, 0.25) is 0 Å². The van der Waals surface area contributed by atoms with Crippen LogP contribution in [0.1, 0.15) is 31.2 Å². The second-order valence-corrected chi connectivity index (χ2v) is 6.56. The topological polar surface area (TPSA) is 72.7 Å². The summed E-state index contributed by atoms with van der Waals surface area (Å²) in [5.74, 6) is 1.10. The lowest BCUT2D eigenvalue weighted by atomic mass is 10.2. The molecule has 0 aliphatic carbocycles. The highest BCUT2D eigenvalue weighted by molar-refractivity contribution is 14.0. The molecular weight excluding hydrogens is 500 g/mol. The standard InChI is InChI=1S/C21H32FN5O2.HI/c1-4-5-11-28-13-14-29-12-9-25-21(23-3)26-16-18-6-7-20(19(22)15-18)27-10-8-24-17(27)2;/h6-8,10,15H,4-5,9,11-14,16H2,1-3H3,(H2,23,25,26);1H. The van der Waals surface area contributed by atoms with Crippen LogP contribution in [0, 0.1) is 12.7 Å². The van der Waals surface area contributed by atoms with E-state index in [1.165, 1.54) is 6.07 Å². The van der Waals surface area contributed by atoms with Gasteiger partial charge in [0.1, 0.15) is 11.6 Å². The highest BCUT2D eigenvalue weighted by Gasteiger charge is 2.08. The number of aliphatic imine (C=N–C) groups is 1. The second kappa shape index (κ2) is 15.1. The molecule has 0 bridgehead atoms. The van der Waals surface area contributed by atoms with Gasteiger partial charge in [-0.25, -0.2) is 9.37 Å². The van der Waals surface area contributed by atoms with E-state index in [0.717, 1.165) is 30.8 Å². The molecule has 2 aromatic rings. The van der Waals surface area contributed by atoms with Crippen molar-refractivity contribution in [1.29, 1.82) is 0 Å². The lowest BCUT2D eigenvalue weighted by Crippen LogP contribution is -2.38. The number of unbranched alkanes of at least 4 members (excludes halogenated alkanes) is 1. The van der Waals surface area contributed by atoms with Gasteiger partial charge >= 0.3 is 0 Å². The van der Waals surface area contributed by atoms with Crippen molar-refractivity contribution in [2.75, 3.05) is 40.0 Å². The Kier molecular flexibility index (Phi) is 13.3. The van der Waals surface area contributed by atoms with Crippen LogP contribution in [0.25, 0.3) is 5.69 Å². The second-order valence-electron chi connectivity index (χ2n) is 6.56. The van der Waals surface area contributed by atoms with Crippen molar-refractivity contribution in [3.05, 3.63) is 47.8 Å². The Bertz CT molecular complexity index is 770. The molecule has 0 spiro atoms. The fourth-order valence-corrected chi connectivity index (χ4v) is 2.70. The third-order valence-electron chi connectivity index (χ3n) is 4.33. The minimum absolute atomic E-state index is 0. The average Bonchev–Trinajstić information content (AvgIpc) is 3.14. The monoisotopic (exact) mass is 533 g/mol. The summed E-state index contributed by atoms with van der Waals surface area (Å²) in [7, 11) is 1.70. The molecular formula is C21H33FIN5O2. The normalized spacial score (nSPS) is 11.3. The van der Waals surface area contributed by atoms with Gasteiger partial charge in [-0.3, -0.25) is 4.99 Å². The van der Waals surface area contributed by atoms with Gasteiger partial charge < -0.3 is 24.7 Å². The van der Waals surface area contributed by atoms with Crippen molar-refractivity contribution < 1.29 is 13.9 Å². The van der Waals surface area contributed by atoms with Crippen molar-refractivity contribution in [1.82, 2.24) is 20.2 Å². The first kappa shape index (κ1) is 26.3. The predicted molar refractivity (Wildman–Crippen MR) is 128 cm³/mol. The first-order valence-corrected chi connectivity index (χ1v) is 10.0. The first-order chi connectivity index (χ1) is 14.2. The van der Waals surface area contributed by atoms with Crippen molar-refractivity contribution in [3.8, 4) is 5.69 Å². The Morgan fingerprint density at radius 3 is 2.57 bits per heavy atom. The van der Waals surface area contributed by atoms with Crippen LogP contribution in [0.4, 0.5) is 4.39 Å². The van der Waals surface area contributed by atoms with Gasteiger partial charge in [-0.1, -0.05) is 19.4 Å². The van der Waals surface area contributed by atoms with E-state index in [9.17, 15) is 4.39 Å². The van der Waals surface area contributed by atoms with Crippen LogP contribution in [0.5, 0.6) is 0 Å². The van der Waals surface area contributed by atoms with Crippen LogP contribution in [0.15, 0.2) is 35.6 Å². The summed E-state index contributed by atoms with van der Waals surface area (Å²) in [6.07, 6.45) is 5.62. The average molecular weight is 533 g/mol. The number of halogens is 2. The van der Waals surface area contributed by atoms with Gasteiger partial charge in [-0.05, 0) is 31.0 Å². The largest absolute Gasteiger partial charge is 0.379 e. The Labute approximate surface area is 195 Å². The third-order valence-corrected chi connectivity index (χ3v) is 4.33. The minimum Gasteiger partial charge on any atom is -0.379 e. The minimum atomic E-state index is -0.289. The molecule has 0 atom stereocenters. The summed E-state index contributed by atoms with van der Waals surface area (Å²) in [4.78, 5) is 8.30. The molecule has 1 aromatic heterocycles. The fourth-order valence-electron chi connectivity index (χ4n) is 2.70. The molecule has 9 heteroatoms. The number of hydrogen-bond acceptors (Lipinski definition) is 4. The number of nitrogens with one attached hydrogen (secondary N) is 2. The highest BCUT2D eigenvalue weighted by atomic mass is 127. The summed E-state index contributed by atoms with van der Waals surface area (Å²) in [6.45, 7) is 7.62. The number of imidazole rings is 1. The molecule has 0 unspecified atom stereocenters. The van der Waals surface area contributed by atoms with E-state index in [1.807, 2.05) is 13.0 Å². The van der Waals surface area contributed by atoms with E-state index in [4.69, 9.17) is 9.47 Å². The zero-order valence-electron chi connectivity index (χ0n) is 18.0. The molecule has 0 fully saturated rings. The zero-order valence-corrected chi connectivity index (χ0v) is 20.3. The van der Waals surface area contributed by atoms with E-state index in [1.54, 1.807) is 30.1 Å². The van der Waals surface area contributed by atoms with Gasteiger partial charge in [-0.2, -0.15) is 0 Å². The Morgan fingerprint density at radius 1 is 1.17 bits per heavy atom. The maximum atomic E-state index is 14.5. The van der Waals surface area contributed by atoms with Gasteiger partial charge in [-0.15, -0.1) is 24.0 Å². The molecule has 0 saturated carbocycles. The van der Waals surface area contributed by atoms with Gasteiger partial charge in [0.15, 0.2) is 5.96 Å². The lowest BCUT2D eigenvalue weighted by Gasteiger charge is -2.13. The Morgan fingerprint density at radius 2 is 1.93 bits per heavy atom. The first-order valence-electron chi connectivity index (χ1n) is 10.0. The third kappa shape index (κ3) is 8.97. The van der Waals surface area contributed by atoms with E-state index >= 15 is 0 Å². The van der Waals surface area contributed by atoms with E-state index < -0.39 is 0 Å². The molecule has 0 radical (unpaired) electrons. The van der Waals surface area contributed by atoms with Gasteiger partial charge in [0, 0.05) is 39.1 Å². The van der Waals surface area contributed by atoms with Gasteiger partial charge in [0.25, 0.3) is 0 Å². The fraction of sp³-hybridized carbons (Fsp3) is 0.524. The van der Waals surface area contributed by atoms with Gasteiger partial charge in [0.05, 0.1) is 25.5 Å². The zero-order chi connectivity index (χ0) is 20.9. The van der Waals surface area contributed by atoms with Crippen molar-refractivity contribution in [2.45, 2.75) is 33.2 Å². The van der Waals surface area contributed by atoms with Gasteiger partial charge in [0.2, 0.25) is 0 Å². The summed E-state index contributed by atoms with van der Waals surface area (Å²) in [5.41, 5.74) is 1.31. The van der Waals surface area contributed by atoms with Crippen molar-refractivity contribution in [3.63, 3.8) is 0 Å². The molecule has 0 amide bonds. The van der Waals surface area contributed by atoms with Crippen LogP contribution in [-0.2, 0) is 16.0 Å². The number of benzene rings is 1. The van der Waals surface area contributed by atoms with Crippen LogP contribution in [0.3, 0.4) is 0 Å². The molecule has 30 heavy (non-hydrogen) atoms. The highest BCUT2D eigenvalue weighted by Crippen LogP contribution is 2.16. The van der Waals surface area contributed by atoms with Crippen molar-refractivity contribution >= 4 is 29.9 Å². The number of nitrogens with zero attached hydrogens (tertiary/aromatic N) is 3. The molecule has 1 heterocycles. The summed E-state index contributed by atoms with van der Waals surface area (Å²) in [6, 6.07) is 5.17. The maximum Gasteiger partial charge on any atom is 0.191 e. The Hall–Kier alpha value is -1.72. The number of aromatic nitrogens is 2.